The summed E-state index contributed by atoms with van der Waals surface area (Å²) in [4.78, 5) is 4.40. The first-order chi connectivity index (χ1) is 8.16. The van der Waals surface area contributed by atoms with Crippen LogP contribution in [0.3, 0.4) is 0 Å². The monoisotopic (exact) mass is 227 g/mol. The Morgan fingerprint density at radius 1 is 1.24 bits per heavy atom. The van der Waals surface area contributed by atoms with Crippen LogP contribution in [0, 0.1) is 6.92 Å². The van der Waals surface area contributed by atoms with E-state index in [1.807, 2.05) is 50.4 Å². The Labute approximate surface area is 102 Å². The van der Waals surface area contributed by atoms with Gasteiger partial charge in [0.25, 0.3) is 0 Å². The molecule has 0 saturated carbocycles. The van der Waals surface area contributed by atoms with E-state index in [9.17, 15) is 0 Å². The van der Waals surface area contributed by atoms with Gasteiger partial charge in [-0.1, -0.05) is 18.2 Å². The Kier molecular flexibility index (Phi) is 3.40. The minimum Gasteiger partial charge on any atom is -0.340 e. The molecule has 0 spiro atoms. The zero-order valence-corrected chi connectivity index (χ0v) is 10.1. The Morgan fingerprint density at radius 2 is 1.94 bits per heavy atom. The lowest BCUT2D eigenvalue weighted by atomic mass is 10.1. The number of hydrogen-bond acceptors (Lipinski definition) is 3. The van der Waals surface area contributed by atoms with E-state index in [2.05, 4.69) is 16.4 Å². The van der Waals surface area contributed by atoms with Gasteiger partial charge in [-0.15, -0.1) is 0 Å². The molecule has 0 aliphatic heterocycles. The Bertz CT molecular complexity index is 492. The van der Waals surface area contributed by atoms with E-state index in [1.165, 1.54) is 0 Å². The van der Waals surface area contributed by atoms with Gasteiger partial charge < -0.3 is 11.1 Å². The molecule has 2 aromatic rings. The average molecular weight is 227 g/mol. The maximum atomic E-state index is 5.82. The number of anilines is 2. The highest BCUT2D eigenvalue weighted by atomic mass is 15.0. The summed E-state index contributed by atoms with van der Waals surface area (Å²) in [7, 11) is 0. The van der Waals surface area contributed by atoms with Crippen LogP contribution in [0.2, 0.25) is 0 Å². The van der Waals surface area contributed by atoms with Crippen molar-refractivity contribution < 1.29 is 0 Å². The standard InChI is InChI=1S/C14H17N3/c1-10-8-12(11(2)15)9-16-14(10)17-13-6-4-3-5-7-13/h3-9,11H,15H2,1-2H3,(H,16,17). The van der Waals surface area contributed by atoms with Crippen molar-refractivity contribution in [2.75, 3.05) is 5.32 Å². The summed E-state index contributed by atoms with van der Waals surface area (Å²) in [6.07, 6.45) is 1.82. The van der Waals surface area contributed by atoms with Gasteiger partial charge in [-0.05, 0) is 43.2 Å². The van der Waals surface area contributed by atoms with Crippen molar-refractivity contribution in [1.29, 1.82) is 0 Å². The summed E-state index contributed by atoms with van der Waals surface area (Å²) in [6, 6.07) is 12.1. The predicted molar refractivity (Wildman–Crippen MR) is 71.3 cm³/mol. The van der Waals surface area contributed by atoms with Crippen LogP contribution in [-0.2, 0) is 0 Å². The lowest BCUT2D eigenvalue weighted by Gasteiger charge is -2.11. The number of aromatic nitrogens is 1. The molecule has 0 aliphatic rings. The van der Waals surface area contributed by atoms with Crippen LogP contribution < -0.4 is 11.1 Å². The fourth-order valence-electron chi connectivity index (χ4n) is 1.63. The molecular weight excluding hydrogens is 210 g/mol. The zero-order valence-electron chi connectivity index (χ0n) is 10.1. The van der Waals surface area contributed by atoms with Crippen molar-refractivity contribution in [2.45, 2.75) is 19.9 Å². The number of aryl methyl sites for hydroxylation is 1. The summed E-state index contributed by atoms with van der Waals surface area (Å²) in [5.41, 5.74) is 9.02. The third-order valence-electron chi connectivity index (χ3n) is 2.66. The minimum atomic E-state index is 0.0203. The van der Waals surface area contributed by atoms with E-state index in [-0.39, 0.29) is 6.04 Å². The van der Waals surface area contributed by atoms with Gasteiger partial charge in [-0.2, -0.15) is 0 Å². The molecule has 0 radical (unpaired) electrons. The molecule has 0 amide bonds. The highest BCUT2D eigenvalue weighted by molar-refractivity contribution is 5.59. The van der Waals surface area contributed by atoms with E-state index in [0.29, 0.717) is 0 Å². The minimum absolute atomic E-state index is 0.0203. The molecule has 1 aromatic heterocycles. The van der Waals surface area contributed by atoms with Crippen molar-refractivity contribution in [3.63, 3.8) is 0 Å². The fourth-order valence-corrected chi connectivity index (χ4v) is 1.63. The van der Waals surface area contributed by atoms with Crippen LogP contribution in [-0.4, -0.2) is 4.98 Å². The largest absolute Gasteiger partial charge is 0.340 e. The van der Waals surface area contributed by atoms with Crippen molar-refractivity contribution in [3.05, 3.63) is 53.7 Å². The summed E-state index contributed by atoms with van der Waals surface area (Å²) >= 11 is 0. The maximum Gasteiger partial charge on any atom is 0.133 e. The van der Waals surface area contributed by atoms with E-state index in [1.54, 1.807) is 0 Å². The third-order valence-corrected chi connectivity index (χ3v) is 2.66. The van der Waals surface area contributed by atoms with Crippen LogP contribution in [0.5, 0.6) is 0 Å². The fraction of sp³-hybridized carbons (Fsp3) is 0.214. The van der Waals surface area contributed by atoms with Crippen LogP contribution in [0.15, 0.2) is 42.6 Å². The summed E-state index contributed by atoms with van der Waals surface area (Å²) in [5, 5.41) is 3.29. The van der Waals surface area contributed by atoms with Gasteiger partial charge in [0.1, 0.15) is 5.82 Å². The number of nitrogens with one attached hydrogen (secondary N) is 1. The molecule has 3 nitrogen and oxygen atoms in total. The molecule has 88 valence electrons. The van der Waals surface area contributed by atoms with Crippen LogP contribution in [0.25, 0.3) is 0 Å². The van der Waals surface area contributed by atoms with Crippen molar-refractivity contribution in [3.8, 4) is 0 Å². The summed E-state index contributed by atoms with van der Waals surface area (Å²) in [5.74, 6) is 0.876. The Morgan fingerprint density at radius 3 is 2.53 bits per heavy atom. The number of rotatable bonds is 3. The second-order valence-electron chi connectivity index (χ2n) is 4.21. The van der Waals surface area contributed by atoms with Gasteiger partial charge in [-0.25, -0.2) is 4.98 Å². The normalized spacial score (nSPS) is 12.2. The van der Waals surface area contributed by atoms with Gasteiger partial charge >= 0.3 is 0 Å². The summed E-state index contributed by atoms with van der Waals surface area (Å²) < 4.78 is 0. The first-order valence-electron chi connectivity index (χ1n) is 5.71. The second-order valence-corrected chi connectivity index (χ2v) is 4.21. The lowest BCUT2D eigenvalue weighted by Crippen LogP contribution is -2.07. The van der Waals surface area contributed by atoms with E-state index >= 15 is 0 Å². The van der Waals surface area contributed by atoms with Crippen molar-refractivity contribution in [1.82, 2.24) is 4.98 Å². The molecule has 1 unspecified atom stereocenters. The van der Waals surface area contributed by atoms with Gasteiger partial charge in [-0.3, -0.25) is 0 Å². The van der Waals surface area contributed by atoms with Gasteiger partial charge in [0.15, 0.2) is 0 Å². The molecule has 0 aliphatic carbocycles. The Hall–Kier alpha value is -1.87. The third kappa shape index (κ3) is 2.82. The second kappa shape index (κ2) is 4.97. The molecule has 3 N–H and O–H groups in total. The predicted octanol–water partition coefficient (Wildman–Crippen LogP) is 3.15. The number of benzene rings is 1. The van der Waals surface area contributed by atoms with E-state index in [0.717, 1.165) is 22.6 Å². The van der Waals surface area contributed by atoms with Gasteiger partial charge in [0, 0.05) is 17.9 Å². The smallest absolute Gasteiger partial charge is 0.133 e. The molecule has 0 fully saturated rings. The lowest BCUT2D eigenvalue weighted by molar-refractivity contribution is 0.810. The molecule has 0 saturated heterocycles. The Balaban J connectivity index is 2.23. The molecule has 1 atom stereocenters. The molecule has 0 bridgehead atoms. The van der Waals surface area contributed by atoms with Crippen molar-refractivity contribution >= 4 is 11.5 Å². The van der Waals surface area contributed by atoms with Gasteiger partial charge in [0.05, 0.1) is 0 Å². The molecule has 1 heterocycles. The van der Waals surface area contributed by atoms with Crippen LogP contribution >= 0.6 is 0 Å². The zero-order chi connectivity index (χ0) is 12.3. The van der Waals surface area contributed by atoms with Crippen LogP contribution in [0.1, 0.15) is 24.1 Å². The van der Waals surface area contributed by atoms with E-state index < -0.39 is 0 Å². The topological polar surface area (TPSA) is 50.9 Å². The van der Waals surface area contributed by atoms with Crippen LogP contribution in [0.4, 0.5) is 11.5 Å². The molecular formula is C14H17N3. The molecule has 17 heavy (non-hydrogen) atoms. The first kappa shape index (κ1) is 11.6. The number of pyridine rings is 1. The molecule has 3 heteroatoms. The number of nitrogens with zero attached hydrogens (tertiary/aromatic N) is 1. The maximum absolute atomic E-state index is 5.82. The highest BCUT2D eigenvalue weighted by Gasteiger charge is 2.04. The summed E-state index contributed by atoms with van der Waals surface area (Å²) in [6.45, 7) is 3.99. The highest BCUT2D eigenvalue weighted by Crippen LogP contribution is 2.20. The van der Waals surface area contributed by atoms with Gasteiger partial charge in [0.2, 0.25) is 0 Å². The average Bonchev–Trinajstić information content (AvgIpc) is 2.33. The number of para-hydroxylation sites is 1. The number of nitrogens with two attached hydrogens (primary N) is 1. The molecule has 1 aromatic carbocycles. The first-order valence-corrected chi connectivity index (χ1v) is 5.71. The van der Waals surface area contributed by atoms with E-state index in [4.69, 9.17) is 5.73 Å². The van der Waals surface area contributed by atoms with Crippen molar-refractivity contribution in [2.24, 2.45) is 5.73 Å². The number of hydrogen-bond donors (Lipinski definition) is 2. The quantitative estimate of drug-likeness (QED) is 0.846. The SMILES string of the molecule is Cc1cc(C(C)N)cnc1Nc1ccccc1. The molecule has 2 rings (SSSR count).